The van der Waals surface area contributed by atoms with Gasteiger partial charge in [0.05, 0.1) is 18.8 Å². The van der Waals surface area contributed by atoms with Gasteiger partial charge in [-0.2, -0.15) is 0 Å². The van der Waals surface area contributed by atoms with Gasteiger partial charge in [0.25, 0.3) is 0 Å². The minimum absolute atomic E-state index is 0.145. The highest BCUT2D eigenvalue weighted by molar-refractivity contribution is 5.85. The largest absolute Gasteiger partial charge is 0.439 e. The number of para-hydroxylation sites is 1. The van der Waals surface area contributed by atoms with Gasteiger partial charge in [0, 0.05) is 6.54 Å². The number of hydrogen-bond donors (Lipinski definition) is 2. The quantitative estimate of drug-likeness (QED) is 0.747. The van der Waals surface area contributed by atoms with Crippen molar-refractivity contribution in [2.45, 2.75) is 26.3 Å². The minimum Gasteiger partial charge on any atom is -0.439 e. The summed E-state index contributed by atoms with van der Waals surface area (Å²) in [6, 6.07) is 5.54. The molecule has 5 nitrogen and oxygen atoms in total. The Morgan fingerprint density at radius 2 is 2.21 bits per heavy atom. The summed E-state index contributed by atoms with van der Waals surface area (Å²) in [5, 5.41) is 9.09. The molecule has 1 aromatic carbocycles. The van der Waals surface area contributed by atoms with Gasteiger partial charge in [-0.1, -0.05) is 19.4 Å². The summed E-state index contributed by atoms with van der Waals surface area (Å²) in [4.78, 5) is 6.57. The Morgan fingerprint density at radius 1 is 1.37 bits per heavy atom. The predicted molar refractivity (Wildman–Crippen MR) is 75.7 cm³/mol. The number of oxazole rings is 1. The monoisotopic (exact) mass is 263 g/mol. The fraction of sp³-hybridized carbons (Fsp3) is 0.500. The van der Waals surface area contributed by atoms with Gasteiger partial charge in [0.15, 0.2) is 5.58 Å². The molecule has 1 aromatic heterocycles. The number of benzene rings is 1. The number of aromatic nitrogens is 1. The van der Waals surface area contributed by atoms with Crippen molar-refractivity contribution >= 4 is 16.8 Å². The zero-order chi connectivity index (χ0) is 13.7. The van der Waals surface area contributed by atoms with Crippen LogP contribution < -0.4 is 5.73 Å². The van der Waals surface area contributed by atoms with E-state index in [1.54, 1.807) is 0 Å². The van der Waals surface area contributed by atoms with Crippen molar-refractivity contribution in [3.8, 4) is 0 Å². The Hall–Kier alpha value is -1.59. The highest BCUT2D eigenvalue weighted by Crippen LogP contribution is 2.21. The molecule has 0 bridgehead atoms. The van der Waals surface area contributed by atoms with Crippen LogP contribution in [-0.2, 0) is 6.54 Å². The molecule has 0 spiro atoms. The first-order valence-corrected chi connectivity index (χ1v) is 6.71. The van der Waals surface area contributed by atoms with Crippen molar-refractivity contribution in [2.75, 3.05) is 25.4 Å². The smallest absolute Gasteiger partial charge is 0.209 e. The molecule has 0 aliphatic heterocycles. The number of fused-ring (bicyclic) bond motifs is 1. The van der Waals surface area contributed by atoms with Crippen LogP contribution in [0.2, 0.25) is 0 Å². The Morgan fingerprint density at radius 3 is 2.89 bits per heavy atom. The van der Waals surface area contributed by atoms with E-state index in [2.05, 4.69) is 16.8 Å². The molecule has 0 atom stereocenters. The molecule has 19 heavy (non-hydrogen) atoms. The van der Waals surface area contributed by atoms with E-state index in [9.17, 15) is 0 Å². The van der Waals surface area contributed by atoms with Crippen LogP contribution in [-0.4, -0.2) is 34.7 Å². The fourth-order valence-electron chi connectivity index (χ4n) is 2.07. The second-order valence-electron chi connectivity index (χ2n) is 4.65. The van der Waals surface area contributed by atoms with Gasteiger partial charge in [-0.05, 0) is 25.1 Å². The maximum atomic E-state index is 9.09. The SMILES string of the molecule is CCCCN(CCO)Cc1nc2c(N)cccc2o1. The third kappa shape index (κ3) is 3.45. The van der Waals surface area contributed by atoms with E-state index in [1.807, 2.05) is 18.2 Å². The van der Waals surface area contributed by atoms with E-state index < -0.39 is 0 Å². The number of aliphatic hydroxyl groups is 1. The van der Waals surface area contributed by atoms with Gasteiger partial charge in [-0.15, -0.1) is 0 Å². The summed E-state index contributed by atoms with van der Waals surface area (Å²) in [7, 11) is 0. The highest BCUT2D eigenvalue weighted by Gasteiger charge is 2.12. The lowest BCUT2D eigenvalue weighted by Gasteiger charge is -2.18. The predicted octanol–water partition coefficient (Wildman–Crippen LogP) is 2.00. The van der Waals surface area contributed by atoms with Gasteiger partial charge in [-0.25, -0.2) is 4.98 Å². The zero-order valence-electron chi connectivity index (χ0n) is 11.3. The van der Waals surface area contributed by atoms with Gasteiger partial charge in [0.1, 0.15) is 5.52 Å². The second-order valence-corrected chi connectivity index (χ2v) is 4.65. The molecule has 0 saturated carbocycles. The maximum Gasteiger partial charge on any atom is 0.209 e. The molecular formula is C14H21N3O2. The van der Waals surface area contributed by atoms with Gasteiger partial charge in [-0.3, -0.25) is 4.90 Å². The van der Waals surface area contributed by atoms with Crippen molar-refractivity contribution < 1.29 is 9.52 Å². The first-order valence-electron chi connectivity index (χ1n) is 6.71. The fourth-order valence-corrected chi connectivity index (χ4v) is 2.07. The normalized spacial score (nSPS) is 11.5. The summed E-state index contributed by atoms with van der Waals surface area (Å²) in [5.74, 6) is 0.650. The Labute approximate surface area is 113 Å². The van der Waals surface area contributed by atoms with E-state index in [1.165, 1.54) is 0 Å². The summed E-state index contributed by atoms with van der Waals surface area (Å²) in [5.41, 5.74) is 7.93. The topological polar surface area (TPSA) is 75.5 Å². The lowest BCUT2D eigenvalue weighted by atomic mass is 10.3. The zero-order valence-corrected chi connectivity index (χ0v) is 11.3. The van der Waals surface area contributed by atoms with E-state index in [0.29, 0.717) is 24.7 Å². The number of rotatable bonds is 7. The van der Waals surface area contributed by atoms with Crippen LogP contribution >= 0.6 is 0 Å². The Kier molecular flexibility index (Phi) is 4.76. The summed E-state index contributed by atoms with van der Waals surface area (Å²) in [6.07, 6.45) is 2.23. The molecule has 0 aliphatic carbocycles. The lowest BCUT2D eigenvalue weighted by molar-refractivity contribution is 0.177. The molecule has 0 aliphatic rings. The van der Waals surface area contributed by atoms with Gasteiger partial charge in [0.2, 0.25) is 5.89 Å². The van der Waals surface area contributed by atoms with Crippen LogP contribution in [0.1, 0.15) is 25.7 Å². The third-order valence-electron chi connectivity index (χ3n) is 3.10. The van der Waals surface area contributed by atoms with Gasteiger partial charge < -0.3 is 15.3 Å². The number of anilines is 1. The summed E-state index contributed by atoms with van der Waals surface area (Å²) < 4.78 is 5.69. The summed E-state index contributed by atoms with van der Waals surface area (Å²) in [6.45, 7) is 4.47. The van der Waals surface area contributed by atoms with Gasteiger partial charge >= 0.3 is 0 Å². The van der Waals surface area contributed by atoms with E-state index in [-0.39, 0.29) is 6.61 Å². The molecule has 0 amide bonds. The highest BCUT2D eigenvalue weighted by atomic mass is 16.3. The third-order valence-corrected chi connectivity index (χ3v) is 3.10. The van der Waals surface area contributed by atoms with Crippen LogP contribution in [0.5, 0.6) is 0 Å². The average molecular weight is 263 g/mol. The molecule has 0 radical (unpaired) electrons. The molecule has 3 N–H and O–H groups in total. The Bertz CT molecular complexity index is 524. The van der Waals surface area contributed by atoms with E-state index in [4.69, 9.17) is 15.3 Å². The number of aliphatic hydroxyl groups excluding tert-OH is 1. The molecule has 2 aromatic rings. The van der Waals surface area contributed by atoms with Crippen LogP contribution in [0.3, 0.4) is 0 Å². The minimum atomic E-state index is 0.145. The van der Waals surface area contributed by atoms with E-state index in [0.717, 1.165) is 30.5 Å². The number of nitrogen functional groups attached to an aromatic ring is 1. The number of hydrogen-bond acceptors (Lipinski definition) is 5. The molecule has 5 heteroatoms. The van der Waals surface area contributed by atoms with Crippen molar-refractivity contribution in [1.29, 1.82) is 0 Å². The lowest BCUT2D eigenvalue weighted by Crippen LogP contribution is -2.27. The van der Waals surface area contributed by atoms with Crippen LogP contribution in [0.15, 0.2) is 22.6 Å². The van der Waals surface area contributed by atoms with Crippen LogP contribution in [0.25, 0.3) is 11.1 Å². The molecular weight excluding hydrogens is 242 g/mol. The second kappa shape index (κ2) is 6.54. The van der Waals surface area contributed by atoms with E-state index >= 15 is 0 Å². The number of nitrogens with two attached hydrogens (primary N) is 1. The van der Waals surface area contributed by atoms with Crippen LogP contribution in [0.4, 0.5) is 5.69 Å². The molecule has 0 saturated heterocycles. The molecule has 2 rings (SSSR count). The Balaban J connectivity index is 2.12. The van der Waals surface area contributed by atoms with Crippen molar-refractivity contribution in [1.82, 2.24) is 9.88 Å². The molecule has 1 heterocycles. The van der Waals surface area contributed by atoms with Crippen molar-refractivity contribution in [2.24, 2.45) is 0 Å². The summed E-state index contributed by atoms with van der Waals surface area (Å²) >= 11 is 0. The molecule has 0 unspecified atom stereocenters. The number of unbranched alkanes of at least 4 members (excludes halogenated alkanes) is 1. The average Bonchev–Trinajstić information content (AvgIpc) is 2.80. The molecule has 104 valence electrons. The van der Waals surface area contributed by atoms with Crippen molar-refractivity contribution in [3.05, 3.63) is 24.1 Å². The maximum absolute atomic E-state index is 9.09. The van der Waals surface area contributed by atoms with Crippen molar-refractivity contribution in [3.63, 3.8) is 0 Å². The molecule has 0 fully saturated rings. The standard InChI is InChI=1S/C14H21N3O2/c1-2-3-7-17(8-9-18)10-13-16-14-11(15)5-4-6-12(14)19-13/h4-6,18H,2-3,7-10,15H2,1H3. The number of nitrogens with zero attached hydrogens (tertiary/aromatic N) is 2. The first kappa shape index (κ1) is 13.8. The first-order chi connectivity index (χ1) is 9.24. The van der Waals surface area contributed by atoms with Crippen LogP contribution in [0, 0.1) is 0 Å².